The van der Waals surface area contributed by atoms with Gasteiger partial charge >= 0.3 is 6.18 Å². The van der Waals surface area contributed by atoms with Crippen LogP contribution in [0, 0.1) is 0 Å². The number of alkyl halides is 3. The van der Waals surface area contributed by atoms with Gasteiger partial charge in [-0.2, -0.15) is 13.2 Å². The van der Waals surface area contributed by atoms with Crippen LogP contribution in [0.25, 0.3) is 0 Å². The van der Waals surface area contributed by atoms with Crippen molar-refractivity contribution in [2.75, 3.05) is 7.11 Å². The third kappa shape index (κ3) is 4.08. The first kappa shape index (κ1) is 17.9. The number of amides is 1. The van der Waals surface area contributed by atoms with Crippen molar-refractivity contribution in [2.24, 2.45) is 7.05 Å². The van der Waals surface area contributed by atoms with Crippen LogP contribution < -0.4 is 10.1 Å². The van der Waals surface area contributed by atoms with Gasteiger partial charge in [0.1, 0.15) is 5.75 Å². The molecule has 0 aliphatic carbocycles. The number of methoxy groups -OCH3 is 1. The Morgan fingerprint density at radius 1 is 1.29 bits per heavy atom. The van der Waals surface area contributed by atoms with Gasteiger partial charge in [0.25, 0.3) is 5.91 Å². The van der Waals surface area contributed by atoms with E-state index in [1.807, 2.05) is 5.32 Å². The van der Waals surface area contributed by atoms with Gasteiger partial charge in [-0.25, -0.2) is 0 Å². The molecule has 5 nitrogen and oxygen atoms in total. The van der Waals surface area contributed by atoms with Crippen LogP contribution in [0.5, 0.6) is 5.75 Å². The fourth-order valence-corrected chi connectivity index (χ4v) is 2.23. The maximum atomic E-state index is 13.2. The Bertz CT molecular complexity index is 713. The summed E-state index contributed by atoms with van der Waals surface area (Å²) in [4.78, 5) is 12.1. The number of halogens is 3. The van der Waals surface area contributed by atoms with E-state index < -0.39 is 24.2 Å². The van der Waals surface area contributed by atoms with Crippen molar-refractivity contribution in [3.05, 3.63) is 53.9 Å². The zero-order valence-corrected chi connectivity index (χ0v) is 13.0. The first-order chi connectivity index (χ1) is 11.2. The lowest BCUT2D eigenvalue weighted by atomic mass is 10.1. The molecule has 0 radical (unpaired) electrons. The highest BCUT2D eigenvalue weighted by molar-refractivity contribution is 5.82. The SMILES string of the molecule is COc1cccc(C(O)C(=O)NC(c2ccn(C)c2)C(F)(F)F)c1. The smallest absolute Gasteiger partial charge is 0.412 e. The number of rotatable bonds is 5. The Morgan fingerprint density at radius 3 is 2.54 bits per heavy atom. The fraction of sp³-hybridized carbons (Fsp3) is 0.312. The van der Waals surface area contributed by atoms with Crippen molar-refractivity contribution in [1.82, 2.24) is 9.88 Å². The van der Waals surface area contributed by atoms with Crippen LogP contribution in [0.15, 0.2) is 42.7 Å². The molecule has 0 fully saturated rings. The Morgan fingerprint density at radius 2 is 2.00 bits per heavy atom. The molecule has 2 atom stereocenters. The van der Waals surface area contributed by atoms with Gasteiger partial charge < -0.3 is 19.7 Å². The zero-order valence-electron chi connectivity index (χ0n) is 13.0. The van der Waals surface area contributed by atoms with Gasteiger partial charge in [-0.15, -0.1) is 0 Å². The molecule has 0 aliphatic rings. The number of aromatic nitrogens is 1. The van der Waals surface area contributed by atoms with E-state index in [-0.39, 0.29) is 11.1 Å². The largest absolute Gasteiger partial charge is 0.497 e. The van der Waals surface area contributed by atoms with Crippen LogP contribution in [-0.4, -0.2) is 28.9 Å². The topological polar surface area (TPSA) is 63.5 Å². The molecule has 130 valence electrons. The Kier molecular flexibility index (Phi) is 5.18. The molecule has 1 aromatic heterocycles. The molecule has 8 heteroatoms. The molecule has 0 spiro atoms. The third-order valence-electron chi connectivity index (χ3n) is 3.46. The third-order valence-corrected chi connectivity index (χ3v) is 3.46. The monoisotopic (exact) mass is 342 g/mol. The molecule has 1 aromatic carbocycles. The number of nitrogens with zero attached hydrogens (tertiary/aromatic N) is 1. The minimum absolute atomic E-state index is 0.115. The van der Waals surface area contributed by atoms with E-state index in [1.54, 1.807) is 13.1 Å². The molecular formula is C16H17F3N2O3. The zero-order chi connectivity index (χ0) is 17.9. The van der Waals surface area contributed by atoms with E-state index >= 15 is 0 Å². The molecule has 2 aromatic rings. The van der Waals surface area contributed by atoms with Gasteiger partial charge in [-0.05, 0) is 23.8 Å². The molecule has 2 rings (SSSR count). The predicted octanol–water partition coefficient (Wildman–Crippen LogP) is 2.49. The number of hydrogen-bond acceptors (Lipinski definition) is 3. The standard InChI is InChI=1S/C16H17F3N2O3/c1-21-7-6-11(9-21)14(16(17,18)19)20-15(23)13(22)10-4-3-5-12(8-10)24-2/h3-9,13-14,22H,1-2H3,(H,20,23). The van der Waals surface area contributed by atoms with Crippen LogP contribution in [0.2, 0.25) is 0 Å². The van der Waals surface area contributed by atoms with Crippen molar-refractivity contribution in [2.45, 2.75) is 18.3 Å². The van der Waals surface area contributed by atoms with Crippen molar-refractivity contribution >= 4 is 5.91 Å². The van der Waals surface area contributed by atoms with Gasteiger partial charge in [0.2, 0.25) is 0 Å². The van der Waals surface area contributed by atoms with Gasteiger partial charge in [0, 0.05) is 25.0 Å². The summed E-state index contributed by atoms with van der Waals surface area (Å²) in [5, 5.41) is 11.9. The summed E-state index contributed by atoms with van der Waals surface area (Å²) >= 11 is 0. The number of hydrogen-bond donors (Lipinski definition) is 2. The Hall–Kier alpha value is -2.48. The summed E-state index contributed by atoms with van der Waals surface area (Å²) in [5.74, 6) is -0.760. The molecular weight excluding hydrogens is 325 g/mol. The Balaban J connectivity index is 2.20. The normalized spacial score (nSPS) is 14.1. The quantitative estimate of drug-likeness (QED) is 0.877. The summed E-state index contributed by atoms with van der Waals surface area (Å²) in [6, 6.07) is 5.00. The second-order valence-corrected chi connectivity index (χ2v) is 5.27. The van der Waals surface area contributed by atoms with Gasteiger partial charge in [-0.1, -0.05) is 12.1 Å². The lowest BCUT2D eigenvalue weighted by molar-refractivity contribution is -0.166. The van der Waals surface area contributed by atoms with Crippen molar-refractivity contribution in [3.8, 4) is 5.75 Å². The molecule has 0 bridgehead atoms. The van der Waals surface area contributed by atoms with Crippen molar-refractivity contribution < 1.29 is 27.8 Å². The highest BCUT2D eigenvalue weighted by atomic mass is 19.4. The highest BCUT2D eigenvalue weighted by Crippen LogP contribution is 2.33. The number of ether oxygens (including phenoxy) is 1. The van der Waals surface area contributed by atoms with Gasteiger partial charge in [0.05, 0.1) is 7.11 Å². The molecule has 2 N–H and O–H groups in total. The summed E-state index contributed by atoms with van der Waals surface area (Å²) < 4.78 is 46.1. The van der Waals surface area contributed by atoms with Crippen LogP contribution in [-0.2, 0) is 11.8 Å². The predicted molar refractivity (Wildman–Crippen MR) is 80.3 cm³/mol. The molecule has 1 amide bonds. The molecule has 0 saturated heterocycles. The molecule has 0 aliphatic heterocycles. The van der Waals surface area contributed by atoms with E-state index in [1.165, 1.54) is 48.3 Å². The summed E-state index contributed by atoms with van der Waals surface area (Å²) in [6.07, 6.45) is -3.73. The average molecular weight is 342 g/mol. The number of aryl methyl sites for hydroxylation is 1. The minimum Gasteiger partial charge on any atom is -0.497 e. The fourth-order valence-electron chi connectivity index (χ4n) is 2.23. The van der Waals surface area contributed by atoms with E-state index in [4.69, 9.17) is 4.74 Å². The molecule has 1 heterocycles. The summed E-state index contributed by atoms with van der Waals surface area (Å²) in [7, 11) is 2.98. The summed E-state index contributed by atoms with van der Waals surface area (Å²) in [5.41, 5.74) is 0.0250. The van der Waals surface area contributed by atoms with Gasteiger partial charge in [0.15, 0.2) is 12.1 Å². The lowest BCUT2D eigenvalue weighted by Gasteiger charge is -2.22. The first-order valence-corrected chi connectivity index (χ1v) is 7.03. The number of nitrogens with one attached hydrogen (secondary N) is 1. The van der Waals surface area contributed by atoms with Crippen LogP contribution in [0.1, 0.15) is 23.3 Å². The number of carbonyl (C=O) groups excluding carboxylic acids is 1. The van der Waals surface area contributed by atoms with E-state index in [9.17, 15) is 23.1 Å². The number of aliphatic hydroxyl groups excluding tert-OH is 1. The summed E-state index contributed by atoms with van der Waals surface area (Å²) in [6.45, 7) is 0. The highest BCUT2D eigenvalue weighted by Gasteiger charge is 2.43. The maximum absolute atomic E-state index is 13.2. The first-order valence-electron chi connectivity index (χ1n) is 7.03. The van der Waals surface area contributed by atoms with Crippen molar-refractivity contribution in [1.29, 1.82) is 0 Å². The van der Waals surface area contributed by atoms with Crippen LogP contribution in [0.3, 0.4) is 0 Å². The average Bonchev–Trinajstić information content (AvgIpc) is 2.96. The minimum atomic E-state index is -4.69. The second kappa shape index (κ2) is 6.96. The molecule has 2 unspecified atom stereocenters. The number of carbonyl (C=O) groups is 1. The van der Waals surface area contributed by atoms with Gasteiger partial charge in [-0.3, -0.25) is 4.79 Å². The Labute approximate surface area is 136 Å². The van der Waals surface area contributed by atoms with E-state index in [2.05, 4.69) is 0 Å². The maximum Gasteiger partial charge on any atom is 0.412 e. The van der Waals surface area contributed by atoms with Crippen molar-refractivity contribution in [3.63, 3.8) is 0 Å². The molecule has 0 saturated carbocycles. The van der Waals surface area contributed by atoms with Crippen LogP contribution in [0.4, 0.5) is 13.2 Å². The second-order valence-electron chi connectivity index (χ2n) is 5.27. The number of benzene rings is 1. The molecule has 24 heavy (non-hydrogen) atoms. The lowest BCUT2D eigenvalue weighted by Crippen LogP contribution is -2.40. The van der Waals surface area contributed by atoms with E-state index in [0.29, 0.717) is 5.75 Å². The van der Waals surface area contributed by atoms with Crippen LogP contribution >= 0.6 is 0 Å². The van der Waals surface area contributed by atoms with E-state index in [0.717, 1.165) is 0 Å². The number of aliphatic hydroxyl groups is 1.